The number of nitrogens with one attached hydrogen (secondary N) is 1. The summed E-state index contributed by atoms with van der Waals surface area (Å²) in [4.78, 5) is 54.7. The van der Waals surface area contributed by atoms with Gasteiger partial charge in [0, 0.05) is 12.3 Å². The van der Waals surface area contributed by atoms with Gasteiger partial charge in [0.25, 0.3) is 0 Å². The fourth-order valence-electron chi connectivity index (χ4n) is 2.61. The monoisotopic (exact) mass is 400 g/mol. The molecule has 2 aliphatic rings. The van der Waals surface area contributed by atoms with Crippen LogP contribution in [-0.2, 0) is 33.4 Å². The number of anilines is 1. The summed E-state index contributed by atoms with van der Waals surface area (Å²) in [6.45, 7) is -1.18. The minimum atomic E-state index is -1.27. The Balaban J connectivity index is 1.76. The van der Waals surface area contributed by atoms with Crippen LogP contribution in [0.1, 0.15) is 6.23 Å². The summed E-state index contributed by atoms with van der Waals surface area (Å²) in [5, 5.41) is 18.1. The summed E-state index contributed by atoms with van der Waals surface area (Å²) in [6, 6.07) is -0.0312. The second kappa shape index (κ2) is 7.89. The molecule has 2 saturated heterocycles. The van der Waals surface area contributed by atoms with Gasteiger partial charge in [-0.3, -0.25) is 4.57 Å². The molecule has 2 fully saturated rings. The molecule has 1 aromatic heterocycles. The highest BCUT2D eigenvalue weighted by Gasteiger charge is 2.54. The highest BCUT2D eigenvalue weighted by Crippen LogP contribution is 2.35. The van der Waals surface area contributed by atoms with E-state index in [-0.39, 0.29) is 5.82 Å². The number of esters is 2. The number of fused-ring (bicyclic) bond motifs is 1. The zero-order valence-electron chi connectivity index (χ0n) is 14.1. The van der Waals surface area contributed by atoms with Crippen LogP contribution < -0.4 is 16.9 Å². The van der Waals surface area contributed by atoms with Gasteiger partial charge in [-0.1, -0.05) is 0 Å². The normalized spacial score (nSPS) is 27.4. The lowest BCUT2D eigenvalue weighted by Gasteiger charge is -2.27. The summed E-state index contributed by atoms with van der Waals surface area (Å²) >= 11 is 0. The lowest BCUT2D eigenvalue weighted by molar-refractivity contribution is -0.195. The first-order valence-corrected chi connectivity index (χ1v) is 7.96. The molecule has 1 aromatic rings. The molecular formula is C14H16N4O10. The molecular weight excluding hydrogens is 384 g/mol. The average molecular weight is 400 g/mol. The van der Waals surface area contributed by atoms with Crippen molar-refractivity contribution in [2.24, 2.45) is 5.73 Å². The van der Waals surface area contributed by atoms with Crippen LogP contribution in [0, 0.1) is 0 Å². The highest BCUT2D eigenvalue weighted by atomic mass is 16.7. The Labute approximate surface area is 155 Å². The highest BCUT2D eigenvalue weighted by molar-refractivity contribution is 6.30. The number of nitrogens with zero attached hydrogens (tertiary/aromatic N) is 2. The molecule has 5 atom stereocenters. The molecule has 3 heterocycles. The molecule has 14 nitrogen and oxygen atoms in total. The molecule has 0 spiro atoms. The van der Waals surface area contributed by atoms with Crippen molar-refractivity contribution in [3.63, 3.8) is 0 Å². The van der Waals surface area contributed by atoms with E-state index in [4.69, 9.17) is 25.1 Å². The average Bonchev–Trinajstić information content (AvgIpc) is 3.03. The first kappa shape index (κ1) is 19.7. The summed E-state index contributed by atoms with van der Waals surface area (Å²) in [7, 11) is 0. The fourth-order valence-corrected chi connectivity index (χ4v) is 2.61. The summed E-state index contributed by atoms with van der Waals surface area (Å²) < 4.78 is 16.3. The number of hydrogen-bond donors (Lipinski definition) is 4. The molecule has 152 valence electrons. The van der Waals surface area contributed by atoms with E-state index in [0.717, 1.165) is 4.57 Å². The van der Waals surface area contributed by atoms with Gasteiger partial charge in [0.2, 0.25) is 0 Å². The van der Waals surface area contributed by atoms with Crippen molar-refractivity contribution in [3.8, 4) is 0 Å². The van der Waals surface area contributed by atoms with Gasteiger partial charge in [-0.15, -0.1) is 0 Å². The third-order valence-corrected chi connectivity index (χ3v) is 3.98. The number of aromatic nitrogens is 2. The maximum Gasteiger partial charge on any atom is 0.418 e. The molecule has 2 aliphatic heterocycles. The maximum absolute atomic E-state index is 12.3. The predicted molar refractivity (Wildman–Crippen MR) is 84.0 cm³/mol. The predicted octanol–water partition coefficient (Wildman–Crippen LogP) is -3.84. The molecule has 0 radical (unpaired) electrons. The first-order chi connectivity index (χ1) is 13.3. The number of hydrogen-bond acceptors (Lipinski definition) is 13. The number of rotatable bonds is 6. The minimum Gasteiger partial charge on any atom is -0.447 e. The van der Waals surface area contributed by atoms with Gasteiger partial charge in [0.1, 0.15) is 12.1 Å². The largest absolute Gasteiger partial charge is 0.447 e. The third-order valence-electron chi connectivity index (χ3n) is 3.98. The SMILES string of the molecule is N[C@@H](CO)C(=O)ONc1ccn([C@@H]2O[C@H](CO)C3OC(=O)C(=O)OC32)c(=O)n1. The molecule has 14 heteroatoms. The molecule has 0 amide bonds. The second-order valence-corrected chi connectivity index (χ2v) is 5.80. The van der Waals surface area contributed by atoms with Crippen LogP contribution >= 0.6 is 0 Å². The van der Waals surface area contributed by atoms with Crippen LogP contribution in [0.4, 0.5) is 5.82 Å². The van der Waals surface area contributed by atoms with Gasteiger partial charge in [-0.2, -0.15) is 4.98 Å². The number of ether oxygens (including phenoxy) is 3. The zero-order chi connectivity index (χ0) is 20.4. The van der Waals surface area contributed by atoms with Crippen molar-refractivity contribution in [3.05, 3.63) is 22.7 Å². The van der Waals surface area contributed by atoms with E-state index >= 15 is 0 Å². The van der Waals surface area contributed by atoms with Gasteiger partial charge in [-0.05, 0) is 0 Å². The lowest BCUT2D eigenvalue weighted by atomic mass is 10.1. The number of carbonyl (C=O) groups excluding carboxylic acids is 3. The fraction of sp³-hybridized carbons (Fsp3) is 0.500. The van der Waals surface area contributed by atoms with Crippen LogP contribution in [0.2, 0.25) is 0 Å². The van der Waals surface area contributed by atoms with E-state index in [0.29, 0.717) is 0 Å². The number of carbonyl (C=O) groups is 3. The van der Waals surface area contributed by atoms with Crippen LogP contribution in [0.5, 0.6) is 0 Å². The van der Waals surface area contributed by atoms with Gasteiger partial charge >= 0.3 is 23.6 Å². The zero-order valence-corrected chi connectivity index (χ0v) is 14.1. The Morgan fingerprint density at radius 1 is 1.29 bits per heavy atom. The Kier molecular flexibility index (Phi) is 5.55. The van der Waals surface area contributed by atoms with Crippen molar-refractivity contribution in [2.45, 2.75) is 30.6 Å². The van der Waals surface area contributed by atoms with Crippen molar-refractivity contribution < 1.29 is 43.6 Å². The number of aliphatic hydroxyl groups excluding tert-OH is 2. The van der Waals surface area contributed by atoms with E-state index in [2.05, 4.69) is 15.3 Å². The first-order valence-electron chi connectivity index (χ1n) is 7.96. The van der Waals surface area contributed by atoms with E-state index in [1.807, 2.05) is 0 Å². The Hall–Kier alpha value is -3.07. The third kappa shape index (κ3) is 3.65. The summed E-state index contributed by atoms with van der Waals surface area (Å²) in [5.41, 5.74) is 6.48. The molecule has 3 rings (SSSR count). The van der Waals surface area contributed by atoms with Crippen molar-refractivity contribution in [2.75, 3.05) is 18.7 Å². The van der Waals surface area contributed by atoms with Gasteiger partial charge in [-0.25, -0.2) is 24.7 Å². The molecule has 0 aliphatic carbocycles. The van der Waals surface area contributed by atoms with Gasteiger partial charge in [0.15, 0.2) is 24.3 Å². The van der Waals surface area contributed by atoms with E-state index in [1.54, 1.807) is 0 Å². The van der Waals surface area contributed by atoms with Gasteiger partial charge in [0.05, 0.1) is 13.2 Å². The van der Waals surface area contributed by atoms with Crippen LogP contribution in [-0.4, -0.2) is 75.2 Å². The maximum atomic E-state index is 12.3. The molecule has 0 bridgehead atoms. The van der Waals surface area contributed by atoms with Crippen molar-refractivity contribution >= 4 is 23.7 Å². The van der Waals surface area contributed by atoms with Crippen LogP contribution in [0.3, 0.4) is 0 Å². The Morgan fingerprint density at radius 3 is 2.57 bits per heavy atom. The number of aliphatic hydroxyl groups is 2. The smallest absolute Gasteiger partial charge is 0.418 e. The molecule has 28 heavy (non-hydrogen) atoms. The topological polar surface area (TPSA) is 202 Å². The Bertz CT molecular complexity index is 842. The van der Waals surface area contributed by atoms with Crippen molar-refractivity contribution in [1.82, 2.24) is 9.55 Å². The quantitative estimate of drug-likeness (QED) is 0.157. The van der Waals surface area contributed by atoms with E-state index in [1.165, 1.54) is 12.3 Å². The second-order valence-electron chi connectivity index (χ2n) is 5.80. The summed E-state index contributed by atoms with van der Waals surface area (Å²) in [5.74, 6) is -3.60. The molecule has 0 saturated carbocycles. The van der Waals surface area contributed by atoms with Crippen LogP contribution in [0.15, 0.2) is 17.1 Å². The lowest BCUT2D eigenvalue weighted by Crippen LogP contribution is -2.48. The van der Waals surface area contributed by atoms with Gasteiger partial charge < -0.3 is 35.0 Å². The Morgan fingerprint density at radius 2 is 1.96 bits per heavy atom. The summed E-state index contributed by atoms with van der Waals surface area (Å²) in [6.07, 6.45) is -3.29. The minimum absolute atomic E-state index is 0.153. The standard InChI is InChI=1S/C14H16N4O10/c15-5(3-19)11(21)28-17-7-1-2-18(14(24)16-7)10-9-8(6(4-20)25-10)26-12(22)13(23)27-9/h1-2,5-6,8-10,19-20H,3-4,15H2,(H,16,17,24)/t5-,6+,8?,9?,10+/m0/s1. The molecule has 5 N–H and O–H groups in total. The molecule has 2 unspecified atom stereocenters. The van der Waals surface area contributed by atoms with Crippen molar-refractivity contribution in [1.29, 1.82) is 0 Å². The molecule has 0 aromatic carbocycles. The van der Waals surface area contributed by atoms with Crippen LogP contribution in [0.25, 0.3) is 0 Å². The van der Waals surface area contributed by atoms with E-state index in [9.17, 15) is 24.3 Å². The van der Waals surface area contributed by atoms with E-state index < -0.39 is 67.4 Å². The number of nitrogens with two attached hydrogens (primary N) is 1.